The molecule has 1 fully saturated rings. The Bertz CT molecular complexity index is 256. The van der Waals surface area contributed by atoms with E-state index in [2.05, 4.69) is 28.9 Å². The number of hydrogen-bond donors (Lipinski definition) is 1. The van der Waals surface area contributed by atoms with Gasteiger partial charge in [-0.05, 0) is 52.4 Å². The first-order chi connectivity index (χ1) is 8.16. The molecule has 0 amide bonds. The van der Waals surface area contributed by atoms with Gasteiger partial charge in [0.2, 0.25) is 0 Å². The van der Waals surface area contributed by atoms with Crippen molar-refractivity contribution in [2.24, 2.45) is 16.6 Å². The first-order valence-corrected chi connectivity index (χ1v) is 6.81. The van der Waals surface area contributed by atoms with E-state index < -0.39 is 0 Å². The minimum Gasteiger partial charge on any atom is -0.322 e. The van der Waals surface area contributed by atoms with Crippen LogP contribution in [-0.4, -0.2) is 68.4 Å². The van der Waals surface area contributed by atoms with Gasteiger partial charge in [-0.3, -0.25) is 9.89 Å². The molecule has 0 aromatic rings. The van der Waals surface area contributed by atoms with Crippen molar-refractivity contribution in [3.05, 3.63) is 0 Å². The average Bonchev–Trinajstić information content (AvgIpc) is 2.30. The Balaban J connectivity index is 1.80. The maximum Gasteiger partial charge on any atom is 0.0553 e. The van der Waals surface area contributed by atoms with E-state index >= 15 is 0 Å². The van der Waals surface area contributed by atoms with Gasteiger partial charge in [0.1, 0.15) is 0 Å². The topological polar surface area (TPSA) is 44.9 Å². The van der Waals surface area contributed by atoms with Crippen molar-refractivity contribution < 1.29 is 0 Å². The summed E-state index contributed by atoms with van der Waals surface area (Å²) in [5, 5.41) is 0. The van der Waals surface area contributed by atoms with Crippen LogP contribution >= 0.6 is 0 Å². The van der Waals surface area contributed by atoms with Crippen LogP contribution in [0.15, 0.2) is 4.99 Å². The molecule has 2 aliphatic rings. The van der Waals surface area contributed by atoms with Crippen molar-refractivity contribution in [3.63, 3.8) is 0 Å². The van der Waals surface area contributed by atoms with Crippen LogP contribution in [0.4, 0.5) is 0 Å². The second-order valence-electron chi connectivity index (χ2n) is 5.73. The molecule has 2 unspecified atom stereocenters. The van der Waals surface area contributed by atoms with Crippen LogP contribution in [0.2, 0.25) is 0 Å². The largest absolute Gasteiger partial charge is 0.322 e. The first kappa shape index (κ1) is 13.0. The van der Waals surface area contributed by atoms with Gasteiger partial charge in [0, 0.05) is 25.3 Å². The van der Waals surface area contributed by atoms with Crippen LogP contribution in [0, 0.1) is 5.92 Å². The van der Waals surface area contributed by atoms with Crippen molar-refractivity contribution in [1.82, 2.24) is 9.80 Å². The minimum atomic E-state index is 0.147. The summed E-state index contributed by atoms with van der Waals surface area (Å²) in [6.45, 7) is 4.61. The first-order valence-electron chi connectivity index (χ1n) is 6.81. The molecule has 2 rings (SSSR count). The van der Waals surface area contributed by atoms with Crippen LogP contribution in [-0.2, 0) is 0 Å². The molecule has 0 bridgehead atoms. The SMILES string of the molecule is CN(C)CC1CCN(C2CCN=CC2N)CC1. The van der Waals surface area contributed by atoms with E-state index in [0.717, 1.165) is 18.9 Å². The third-order valence-electron chi connectivity index (χ3n) is 4.02. The lowest BCUT2D eigenvalue weighted by Crippen LogP contribution is -2.53. The summed E-state index contributed by atoms with van der Waals surface area (Å²) in [6.07, 6.45) is 5.72. The minimum absolute atomic E-state index is 0.147. The number of likely N-dealkylation sites (tertiary alicyclic amines) is 1. The number of aliphatic imine (C=N–C) groups is 1. The molecule has 1 saturated heterocycles. The normalized spacial score (nSPS) is 32.2. The summed E-state index contributed by atoms with van der Waals surface area (Å²) < 4.78 is 0. The van der Waals surface area contributed by atoms with E-state index in [4.69, 9.17) is 5.73 Å². The number of nitrogens with two attached hydrogens (primary N) is 1. The summed E-state index contributed by atoms with van der Waals surface area (Å²) in [5.74, 6) is 0.870. The molecule has 4 heteroatoms. The third-order valence-corrected chi connectivity index (χ3v) is 4.02. The number of nitrogens with zero attached hydrogens (tertiary/aromatic N) is 3. The maximum absolute atomic E-state index is 6.13. The van der Waals surface area contributed by atoms with Crippen LogP contribution < -0.4 is 5.73 Å². The molecule has 0 aromatic carbocycles. The van der Waals surface area contributed by atoms with Gasteiger partial charge in [0.25, 0.3) is 0 Å². The standard InChI is InChI=1S/C13H26N4/c1-16(2)10-11-4-7-17(8-5-11)13-3-6-15-9-12(13)14/h9,11-13H,3-8,10,14H2,1-2H3. The van der Waals surface area contributed by atoms with Crippen molar-refractivity contribution in [2.45, 2.75) is 31.3 Å². The van der Waals surface area contributed by atoms with Crippen molar-refractivity contribution in [2.75, 3.05) is 40.3 Å². The van der Waals surface area contributed by atoms with Gasteiger partial charge in [-0.15, -0.1) is 0 Å². The summed E-state index contributed by atoms with van der Waals surface area (Å²) in [4.78, 5) is 9.16. The zero-order chi connectivity index (χ0) is 12.3. The molecule has 2 atom stereocenters. The lowest BCUT2D eigenvalue weighted by Gasteiger charge is -2.40. The summed E-state index contributed by atoms with van der Waals surface area (Å²) in [6, 6.07) is 0.682. The molecule has 0 aromatic heterocycles. The lowest BCUT2D eigenvalue weighted by molar-refractivity contribution is 0.110. The predicted molar refractivity (Wildman–Crippen MR) is 72.6 cm³/mol. The number of piperidine rings is 1. The molecule has 98 valence electrons. The van der Waals surface area contributed by atoms with Crippen LogP contribution in [0.5, 0.6) is 0 Å². The van der Waals surface area contributed by atoms with Crippen molar-refractivity contribution in [3.8, 4) is 0 Å². The van der Waals surface area contributed by atoms with Gasteiger partial charge in [-0.1, -0.05) is 0 Å². The van der Waals surface area contributed by atoms with Crippen molar-refractivity contribution in [1.29, 1.82) is 0 Å². The van der Waals surface area contributed by atoms with Gasteiger partial charge < -0.3 is 10.6 Å². The predicted octanol–water partition coefficient (Wildman–Crippen LogP) is 0.430. The zero-order valence-corrected chi connectivity index (χ0v) is 11.2. The number of hydrogen-bond acceptors (Lipinski definition) is 4. The summed E-state index contributed by atoms with van der Waals surface area (Å²) in [5.41, 5.74) is 6.13. The molecule has 0 radical (unpaired) electrons. The summed E-state index contributed by atoms with van der Waals surface area (Å²) >= 11 is 0. The van der Waals surface area contributed by atoms with E-state index in [1.54, 1.807) is 0 Å². The molecule has 2 N–H and O–H groups in total. The van der Waals surface area contributed by atoms with E-state index in [-0.39, 0.29) is 6.04 Å². The Kier molecular flexibility index (Phi) is 4.54. The zero-order valence-electron chi connectivity index (χ0n) is 11.2. The Hall–Kier alpha value is -0.450. The molecule has 0 saturated carbocycles. The Morgan fingerprint density at radius 2 is 2.00 bits per heavy atom. The summed E-state index contributed by atoms with van der Waals surface area (Å²) in [7, 11) is 4.33. The van der Waals surface area contributed by atoms with Gasteiger partial charge in [0.05, 0.1) is 6.04 Å². The van der Waals surface area contributed by atoms with Crippen LogP contribution in [0.3, 0.4) is 0 Å². The maximum atomic E-state index is 6.13. The fourth-order valence-electron chi connectivity index (χ4n) is 3.10. The highest BCUT2D eigenvalue weighted by molar-refractivity contribution is 5.66. The molecule has 0 aliphatic carbocycles. The van der Waals surface area contributed by atoms with Crippen LogP contribution in [0.25, 0.3) is 0 Å². The third kappa shape index (κ3) is 3.50. The Morgan fingerprint density at radius 3 is 2.59 bits per heavy atom. The van der Waals surface area contributed by atoms with E-state index in [1.807, 2.05) is 6.21 Å². The van der Waals surface area contributed by atoms with Crippen molar-refractivity contribution >= 4 is 6.21 Å². The second kappa shape index (κ2) is 5.94. The highest BCUT2D eigenvalue weighted by Gasteiger charge is 2.29. The molecule has 2 heterocycles. The van der Waals surface area contributed by atoms with Gasteiger partial charge in [-0.2, -0.15) is 0 Å². The smallest absolute Gasteiger partial charge is 0.0553 e. The van der Waals surface area contributed by atoms with E-state index in [1.165, 1.54) is 32.5 Å². The monoisotopic (exact) mass is 238 g/mol. The second-order valence-corrected chi connectivity index (χ2v) is 5.73. The molecular weight excluding hydrogens is 212 g/mol. The molecular formula is C13H26N4. The van der Waals surface area contributed by atoms with Gasteiger partial charge >= 0.3 is 0 Å². The molecule has 0 spiro atoms. The van der Waals surface area contributed by atoms with Gasteiger partial charge in [0.15, 0.2) is 0 Å². The highest BCUT2D eigenvalue weighted by atomic mass is 15.2. The van der Waals surface area contributed by atoms with Gasteiger partial charge in [-0.25, -0.2) is 0 Å². The van der Waals surface area contributed by atoms with Crippen LogP contribution in [0.1, 0.15) is 19.3 Å². The lowest BCUT2D eigenvalue weighted by atomic mass is 9.92. The quantitative estimate of drug-likeness (QED) is 0.775. The Labute approximate surface area is 105 Å². The highest BCUT2D eigenvalue weighted by Crippen LogP contribution is 2.22. The average molecular weight is 238 g/mol. The Morgan fingerprint density at radius 1 is 1.29 bits per heavy atom. The number of rotatable bonds is 3. The fraction of sp³-hybridized carbons (Fsp3) is 0.923. The fourth-order valence-corrected chi connectivity index (χ4v) is 3.10. The van der Waals surface area contributed by atoms with E-state index in [0.29, 0.717) is 6.04 Å². The van der Waals surface area contributed by atoms with E-state index in [9.17, 15) is 0 Å². The molecule has 2 aliphatic heterocycles. The molecule has 4 nitrogen and oxygen atoms in total. The molecule has 17 heavy (non-hydrogen) atoms.